The normalized spacial score (nSPS) is 21.9. The van der Waals surface area contributed by atoms with Crippen LogP contribution in [0, 0.1) is 12.3 Å². The Hall–Kier alpha value is -7.47. The predicted molar refractivity (Wildman–Crippen MR) is 301 cm³/mol. The molecule has 2 aromatic carbocycles. The van der Waals surface area contributed by atoms with Gasteiger partial charge in [-0.15, -0.1) is 0 Å². The van der Waals surface area contributed by atoms with Crippen LogP contribution in [-0.4, -0.2) is 171 Å². The van der Waals surface area contributed by atoms with E-state index in [1.807, 2.05) is 6.92 Å². The molecule has 14 N–H and O–H groups in total. The van der Waals surface area contributed by atoms with Crippen LogP contribution < -0.4 is 48.5 Å². The SMILES string of the molecule is CC[C@@]1(O)C(=O)OCc2c1cc1n(c2=O)Cc2c-1nc1cc(Cl)c(C)c3c1c2[C@@H](NC(=O)C(C)(C)COCNC(=O)CNC(=O)[C@H](Cc1ccccc1)NC(=O)CNC(=O)CNC(=O)[C@@H](N)CCC(=O)NC[C@@H]1O[C@H](CO)[C@@H](O)[C@H](O)[C@H]1O)CC3. The van der Waals surface area contributed by atoms with Crippen LogP contribution in [0.25, 0.3) is 22.3 Å². The Morgan fingerprint density at radius 2 is 1.56 bits per heavy atom. The Kier molecular flexibility index (Phi) is 20.1. The van der Waals surface area contributed by atoms with E-state index >= 15 is 0 Å². The zero-order valence-electron chi connectivity index (χ0n) is 47.3. The number of carbonyl (C=O) groups is 8. The van der Waals surface area contributed by atoms with Crippen LogP contribution in [0.4, 0.5) is 0 Å². The molecule has 28 heteroatoms. The van der Waals surface area contributed by atoms with Crippen molar-refractivity contribution in [3.05, 3.63) is 96.8 Å². The Morgan fingerprint density at radius 3 is 2.27 bits per heavy atom. The fraction of sp³-hybridized carbons (Fsp3) is 0.509. The lowest BCUT2D eigenvalue weighted by molar-refractivity contribution is -0.227. The molecule has 0 bridgehead atoms. The number of esters is 1. The average Bonchev–Trinajstić information content (AvgIpc) is 1.67. The summed E-state index contributed by atoms with van der Waals surface area (Å²) >= 11 is 6.75. The maximum absolute atomic E-state index is 14.2. The van der Waals surface area contributed by atoms with E-state index in [-0.39, 0.29) is 75.8 Å². The molecule has 1 saturated heterocycles. The number of nitrogens with zero attached hydrogens (tertiary/aromatic N) is 2. The average molecular weight is 1200 g/mol. The molecule has 1 fully saturated rings. The number of pyridine rings is 2. The summed E-state index contributed by atoms with van der Waals surface area (Å²) in [6.45, 7) is 3.57. The Morgan fingerprint density at radius 1 is 0.882 bits per heavy atom. The molecule has 0 saturated carbocycles. The second-order valence-corrected chi connectivity index (χ2v) is 22.6. The molecule has 7 amide bonds. The number of fused-ring (bicyclic) bond motifs is 5. The van der Waals surface area contributed by atoms with E-state index in [0.717, 1.165) is 22.1 Å². The van der Waals surface area contributed by atoms with Gasteiger partial charge in [-0.1, -0.05) is 48.9 Å². The number of carbonyl (C=O) groups excluding carboxylic acids is 8. The Labute approximate surface area is 492 Å². The first-order valence-corrected chi connectivity index (χ1v) is 28.2. The van der Waals surface area contributed by atoms with Crippen molar-refractivity contribution >= 4 is 69.8 Å². The third kappa shape index (κ3) is 14.0. The van der Waals surface area contributed by atoms with Gasteiger partial charge in [0.2, 0.25) is 41.4 Å². The summed E-state index contributed by atoms with van der Waals surface area (Å²) in [5, 5.41) is 70.1. The topological polar surface area (TPSA) is 411 Å². The minimum Gasteiger partial charge on any atom is -0.458 e. The first kappa shape index (κ1) is 63.5. The van der Waals surface area contributed by atoms with Gasteiger partial charge < -0.3 is 87.3 Å². The Bertz CT molecular complexity index is 3320. The van der Waals surface area contributed by atoms with Crippen LogP contribution in [0.1, 0.15) is 91.4 Å². The number of ether oxygens (including phenoxy) is 3. The standard InChI is InChI=1S/C57H71ClN10O17/c1-5-57(82)32-16-38-47-30(22-68(38)53(79)31(32)24-84-55(57)81)46-35(13-11-29-27(2)33(58)17-36(66-47)45(29)46)67-54(80)56(3,4)25-83-26-64-43(72)20-63-52(78)37(15-28-9-7-6-8-10-28)65-44(73)21-61-42(71)19-62-51(77)34(59)12-14-41(70)60-18-39-48(74)50(76)49(75)40(23-69)85-39/h6-10,16-17,34-35,37,39-40,48-50,69,74-76,82H,5,11-15,18-26,59H2,1-4H3,(H,60,70)(H,61,71)(H,62,77)(H,63,78)(H,64,72)(H,65,73)(H,67,80)/t34-,35-,37-,39-,40+,48-,49+,50+,57-/m0/s1. The number of aryl methyl sites for hydroxylation is 1. The van der Waals surface area contributed by atoms with Gasteiger partial charge in [0.05, 0.1) is 79.4 Å². The van der Waals surface area contributed by atoms with Crippen LogP contribution in [0.3, 0.4) is 0 Å². The van der Waals surface area contributed by atoms with Gasteiger partial charge in [-0.05, 0) is 80.8 Å². The van der Waals surface area contributed by atoms with Gasteiger partial charge in [-0.3, -0.25) is 38.4 Å². The van der Waals surface area contributed by atoms with Gasteiger partial charge in [0.25, 0.3) is 5.56 Å². The summed E-state index contributed by atoms with van der Waals surface area (Å²) in [7, 11) is 0. The predicted octanol–water partition coefficient (Wildman–Crippen LogP) is -2.60. The third-order valence-corrected chi connectivity index (χ3v) is 16.3. The number of aliphatic hydroxyl groups excluding tert-OH is 4. The maximum Gasteiger partial charge on any atom is 0.343 e. The molecule has 5 heterocycles. The molecule has 4 aliphatic rings. The number of hydrogen-bond donors (Lipinski definition) is 13. The highest BCUT2D eigenvalue weighted by Crippen LogP contribution is 2.47. The number of nitrogens with one attached hydrogen (secondary N) is 7. The number of nitrogens with two attached hydrogens (primary N) is 1. The molecule has 4 aromatic rings. The van der Waals surface area contributed by atoms with Crippen molar-refractivity contribution in [2.45, 2.75) is 134 Å². The lowest BCUT2D eigenvalue weighted by Gasteiger charge is -2.40. The molecule has 0 radical (unpaired) electrons. The number of benzene rings is 2. The van der Waals surface area contributed by atoms with Crippen LogP contribution in [0.15, 0.2) is 47.3 Å². The summed E-state index contributed by atoms with van der Waals surface area (Å²) in [6, 6.07) is 9.07. The second-order valence-electron chi connectivity index (χ2n) is 22.2. The molecular formula is C57H71ClN10O17. The highest BCUT2D eigenvalue weighted by Gasteiger charge is 2.47. The van der Waals surface area contributed by atoms with E-state index in [2.05, 4.69) is 37.2 Å². The van der Waals surface area contributed by atoms with Crippen molar-refractivity contribution < 1.29 is 78.1 Å². The number of aliphatic hydroxyl groups is 5. The first-order valence-electron chi connectivity index (χ1n) is 27.8. The number of amides is 7. The first-order chi connectivity index (χ1) is 40.4. The van der Waals surface area contributed by atoms with Crippen molar-refractivity contribution in [2.75, 3.05) is 46.1 Å². The second kappa shape index (κ2) is 26.8. The highest BCUT2D eigenvalue weighted by atomic mass is 35.5. The van der Waals surface area contributed by atoms with Crippen LogP contribution in [0.2, 0.25) is 5.02 Å². The van der Waals surface area contributed by atoms with E-state index in [0.29, 0.717) is 45.9 Å². The van der Waals surface area contributed by atoms with Gasteiger partial charge in [-0.25, -0.2) is 9.78 Å². The van der Waals surface area contributed by atoms with Gasteiger partial charge in [0, 0.05) is 40.9 Å². The number of aromatic nitrogens is 2. The van der Waals surface area contributed by atoms with E-state index in [4.69, 9.17) is 36.5 Å². The lowest BCUT2D eigenvalue weighted by atomic mass is 9.81. The molecule has 8 rings (SSSR count). The smallest absolute Gasteiger partial charge is 0.343 e. The molecule has 9 atom stereocenters. The molecule has 0 spiro atoms. The van der Waals surface area contributed by atoms with Crippen molar-refractivity contribution in [2.24, 2.45) is 11.1 Å². The molecule has 458 valence electrons. The molecule has 27 nitrogen and oxygen atoms in total. The van der Waals surface area contributed by atoms with Gasteiger partial charge >= 0.3 is 5.97 Å². The van der Waals surface area contributed by atoms with Gasteiger partial charge in [0.1, 0.15) is 49.9 Å². The summed E-state index contributed by atoms with van der Waals surface area (Å²) in [5.41, 5.74) is 8.05. The molecule has 85 heavy (non-hydrogen) atoms. The van der Waals surface area contributed by atoms with E-state index in [9.17, 15) is 68.7 Å². The van der Waals surface area contributed by atoms with Gasteiger partial charge in [0.15, 0.2) is 5.60 Å². The molecule has 2 aromatic heterocycles. The minimum atomic E-state index is -2.02. The molecule has 0 unspecified atom stereocenters. The van der Waals surface area contributed by atoms with Crippen molar-refractivity contribution in [3.8, 4) is 11.4 Å². The maximum atomic E-state index is 14.2. The zero-order valence-corrected chi connectivity index (χ0v) is 48.0. The molecule has 3 aliphatic heterocycles. The fourth-order valence-corrected chi connectivity index (χ4v) is 11.0. The number of cyclic esters (lactones) is 1. The summed E-state index contributed by atoms with van der Waals surface area (Å²) in [6.07, 6.45) is -6.43. The summed E-state index contributed by atoms with van der Waals surface area (Å²) in [5.74, 6) is -5.54. The zero-order chi connectivity index (χ0) is 61.7. The van der Waals surface area contributed by atoms with E-state index in [1.165, 1.54) is 0 Å². The minimum absolute atomic E-state index is 0.00243. The largest absolute Gasteiger partial charge is 0.458 e. The van der Waals surface area contributed by atoms with E-state index < -0.39 is 133 Å². The quantitative estimate of drug-likeness (QED) is 0.0171. The van der Waals surface area contributed by atoms with Crippen LogP contribution in [-0.2, 0) is 84.2 Å². The van der Waals surface area contributed by atoms with Crippen molar-refractivity contribution in [1.29, 1.82) is 0 Å². The Balaban J connectivity index is 0.792. The third-order valence-electron chi connectivity index (χ3n) is 15.9. The highest BCUT2D eigenvalue weighted by molar-refractivity contribution is 6.32. The summed E-state index contributed by atoms with van der Waals surface area (Å²) < 4.78 is 17.9. The number of rotatable bonds is 24. The number of hydrogen-bond acceptors (Lipinski definition) is 19. The van der Waals surface area contributed by atoms with Gasteiger partial charge in [-0.2, -0.15) is 0 Å². The van der Waals surface area contributed by atoms with Crippen LogP contribution >= 0.6 is 11.6 Å². The van der Waals surface area contributed by atoms with Crippen molar-refractivity contribution in [1.82, 2.24) is 46.8 Å². The molecular weight excluding hydrogens is 1130 g/mol. The monoisotopic (exact) mass is 1200 g/mol. The van der Waals surface area contributed by atoms with Crippen molar-refractivity contribution in [3.63, 3.8) is 0 Å². The summed E-state index contributed by atoms with van der Waals surface area (Å²) in [4.78, 5) is 123. The number of halogens is 1. The van der Waals surface area contributed by atoms with Crippen LogP contribution in [0.5, 0.6) is 0 Å². The lowest BCUT2D eigenvalue weighted by Crippen LogP contribution is -2.60. The fourth-order valence-electron chi connectivity index (χ4n) is 10.8. The molecule has 1 aliphatic carbocycles. The van der Waals surface area contributed by atoms with E-state index in [1.54, 1.807) is 67.8 Å².